The van der Waals surface area contributed by atoms with Crippen LogP contribution in [0.1, 0.15) is 24.2 Å². The number of carbonyl (C=O) groups excluding carboxylic acids is 1. The van der Waals surface area contributed by atoms with E-state index in [1.807, 2.05) is 12.1 Å². The minimum absolute atomic E-state index is 0.103. The van der Waals surface area contributed by atoms with Crippen LogP contribution in [0.2, 0.25) is 5.02 Å². The maximum absolute atomic E-state index is 11.9. The predicted molar refractivity (Wildman–Crippen MR) is 75.7 cm³/mol. The van der Waals surface area contributed by atoms with E-state index in [2.05, 4.69) is 24.3 Å². The summed E-state index contributed by atoms with van der Waals surface area (Å²) >= 11 is 5.83. The van der Waals surface area contributed by atoms with E-state index < -0.39 is 0 Å². The van der Waals surface area contributed by atoms with Crippen molar-refractivity contribution in [3.05, 3.63) is 47.2 Å². The molecule has 0 saturated heterocycles. The van der Waals surface area contributed by atoms with Gasteiger partial charge in [0.1, 0.15) is 0 Å². The Bertz CT molecular complexity index is 560. The zero-order valence-corrected chi connectivity index (χ0v) is 11.7. The SMILES string of the molecule is CC(C)CNC(=O)c1cnn(-c2ccc(Cl)cc2)c1. The van der Waals surface area contributed by atoms with Crippen LogP contribution in [0.15, 0.2) is 36.7 Å². The first kappa shape index (κ1) is 13.6. The zero-order valence-electron chi connectivity index (χ0n) is 10.9. The van der Waals surface area contributed by atoms with E-state index in [1.165, 1.54) is 0 Å². The third-order valence-electron chi connectivity index (χ3n) is 2.61. The predicted octanol–water partition coefficient (Wildman–Crippen LogP) is 2.91. The maximum atomic E-state index is 11.9. The Labute approximate surface area is 117 Å². The molecule has 0 spiro atoms. The summed E-state index contributed by atoms with van der Waals surface area (Å²) in [5.74, 6) is 0.323. The summed E-state index contributed by atoms with van der Waals surface area (Å²) in [7, 11) is 0. The number of carbonyl (C=O) groups is 1. The van der Waals surface area contributed by atoms with E-state index in [9.17, 15) is 4.79 Å². The lowest BCUT2D eigenvalue weighted by atomic mass is 10.2. The molecule has 0 bridgehead atoms. The molecular formula is C14H16ClN3O. The number of benzene rings is 1. The number of aromatic nitrogens is 2. The van der Waals surface area contributed by atoms with Gasteiger partial charge in [-0.15, -0.1) is 0 Å². The summed E-state index contributed by atoms with van der Waals surface area (Å²) in [6.07, 6.45) is 3.27. The molecule has 0 aliphatic rings. The molecule has 19 heavy (non-hydrogen) atoms. The van der Waals surface area contributed by atoms with Crippen molar-refractivity contribution < 1.29 is 4.79 Å². The minimum Gasteiger partial charge on any atom is -0.352 e. The highest BCUT2D eigenvalue weighted by atomic mass is 35.5. The Hall–Kier alpha value is -1.81. The first-order valence-corrected chi connectivity index (χ1v) is 6.53. The summed E-state index contributed by atoms with van der Waals surface area (Å²) in [5.41, 5.74) is 1.42. The Morgan fingerprint density at radius 3 is 2.68 bits per heavy atom. The number of halogens is 1. The molecule has 0 fully saturated rings. The average Bonchev–Trinajstić information content (AvgIpc) is 2.86. The molecule has 4 nitrogen and oxygen atoms in total. The topological polar surface area (TPSA) is 46.9 Å². The van der Waals surface area contributed by atoms with Gasteiger partial charge in [0.25, 0.3) is 5.91 Å². The first-order valence-electron chi connectivity index (χ1n) is 6.15. The summed E-state index contributed by atoms with van der Waals surface area (Å²) in [6.45, 7) is 4.76. The molecule has 5 heteroatoms. The van der Waals surface area contributed by atoms with Gasteiger partial charge in [0, 0.05) is 17.8 Å². The van der Waals surface area contributed by atoms with Gasteiger partial charge in [-0.1, -0.05) is 25.4 Å². The molecule has 0 aliphatic heterocycles. The molecule has 0 unspecified atom stereocenters. The molecular weight excluding hydrogens is 262 g/mol. The fourth-order valence-electron chi connectivity index (χ4n) is 1.57. The number of hydrogen-bond acceptors (Lipinski definition) is 2. The van der Waals surface area contributed by atoms with Gasteiger partial charge in [0.05, 0.1) is 17.4 Å². The van der Waals surface area contributed by atoms with Crippen molar-refractivity contribution in [2.45, 2.75) is 13.8 Å². The average molecular weight is 278 g/mol. The third kappa shape index (κ3) is 3.58. The Balaban J connectivity index is 2.10. The van der Waals surface area contributed by atoms with E-state index in [0.717, 1.165) is 5.69 Å². The minimum atomic E-state index is -0.103. The van der Waals surface area contributed by atoms with Gasteiger partial charge in [-0.25, -0.2) is 4.68 Å². The van der Waals surface area contributed by atoms with Crippen LogP contribution in [0.25, 0.3) is 5.69 Å². The van der Waals surface area contributed by atoms with Crippen molar-refractivity contribution in [2.75, 3.05) is 6.54 Å². The summed E-state index contributed by atoms with van der Waals surface area (Å²) in [4.78, 5) is 11.9. The molecule has 0 aliphatic carbocycles. The smallest absolute Gasteiger partial charge is 0.254 e. The quantitative estimate of drug-likeness (QED) is 0.934. The summed E-state index contributed by atoms with van der Waals surface area (Å²) in [6, 6.07) is 7.28. The second-order valence-corrected chi connectivity index (χ2v) is 5.19. The summed E-state index contributed by atoms with van der Waals surface area (Å²) in [5, 5.41) is 7.71. The van der Waals surface area contributed by atoms with Crippen LogP contribution >= 0.6 is 11.6 Å². The van der Waals surface area contributed by atoms with Gasteiger partial charge in [0.2, 0.25) is 0 Å². The van der Waals surface area contributed by atoms with E-state index >= 15 is 0 Å². The second kappa shape index (κ2) is 5.89. The van der Waals surface area contributed by atoms with Gasteiger partial charge in [-0.3, -0.25) is 4.79 Å². The molecule has 1 aromatic heterocycles. The van der Waals surface area contributed by atoms with E-state index in [-0.39, 0.29) is 5.91 Å². The Morgan fingerprint density at radius 1 is 1.37 bits per heavy atom. The van der Waals surface area contributed by atoms with Crippen LogP contribution in [-0.2, 0) is 0 Å². The van der Waals surface area contributed by atoms with Gasteiger partial charge < -0.3 is 5.32 Å². The lowest BCUT2D eigenvalue weighted by Gasteiger charge is -2.05. The van der Waals surface area contributed by atoms with Crippen LogP contribution in [0.5, 0.6) is 0 Å². The molecule has 100 valence electrons. The van der Waals surface area contributed by atoms with Crippen LogP contribution in [0.3, 0.4) is 0 Å². The van der Waals surface area contributed by atoms with Crippen LogP contribution in [0, 0.1) is 5.92 Å². The van der Waals surface area contributed by atoms with Crippen molar-refractivity contribution in [3.8, 4) is 5.69 Å². The largest absolute Gasteiger partial charge is 0.352 e. The molecule has 1 heterocycles. The highest BCUT2D eigenvalue weighted by Gasteiger charge is 2.09. The first-order chi connectivity index (χ1) is 9.06. The molecule has 2 aromatic rings. The van der Waals surface area contributed by atoms with Gasteiger partial charge in [0.15, 0.2) is 0 Å². The van der Waals surface area contributed by atoms with Gasteiger partial charge >= 0.3 is 0 Å². The molecule has 1 aromatic carbocycles. The lowest BCUT2D eigenvalue weighted by molar-refractivity contribution is 0.0949. The molecule has 0 saturated carbocycles. The number of hydrogen-bond donors (Lipinski definition) is 1. The van der Waals surface area contributed by atoms with E-state index in [0.29, 0.717) is 23.0 Å². The van der Waals surface area contributed by atoms with Crippen molar-refractivity contribution in [2.24, 2.45) is 5.92 Å². The zero-order chi connectivity index (χ0) is 13.8. The molecule has 1 N–H and O–H groups in total. The van der Waals surface area contributed by atoms with Crippen LogP contribution < -0.4 is 5.32 Å². The molecule has 0 atom stereocenters. The van der Waals surface area contributed by atoms with Gasteiger partial charge in [-0.05, 0) is 30.2 Å². The highest BCUT2D eigenvalue weighted by Crippen LogP contribution is 2.13. The van der Waals surface area contributed by atoms with Crippen LogP contribution in [-0.4, -0.2) is 22.2 Å². The summed E-state index contributed by atoms with van der Waals surface area (Å²) < 4.78 is 1.65. The van der Waals surface area contributed by atoms with E-state index in [1.54, 1.807) is 29.2 Å². The number of amides is 1. The molecule has 0 radical (unpaired) electrons. The Kier molecular flexibility index (Phi) is 4.22. The standard InChI is InChI=1S/C14H16ClN3O/c1-10(2)7-16-14(19)11-8-17-18(9-11)13-5-3-12(15)4-6-13/h3-6,8-10H,7H2,1-2H3,(H,16,19). The normalized spacial score (nSPS) is 10.7. The fraction of sp³-hybridized carbons (Fsp3) is 0.286. The number of rotatable bonds is 4. The van der Waals surface area contributed by atoms with Crippen molar-refractivity contribution in [3.63, 3.8) is 0 Å². The number of nitrogens with one attached hydrogen (secondary N) is 1. The number of nitrogens with zero attached hydrogens (tertiary/aromatic N) is 2. The van der Waals surface area contributed by atoms with Gasteiger partial charge in [-0.2, -0.15) is 5.10 Å². The Morgan fingerprint density at radius 2 is 2.05 bits per heavy atom. The molecule has 1 amide bonds. The fourth-order valence-corrected chi connectivity index (χ4v) is 1.70. The highest BCUT2D eigenvalue weighted by molar-refractivity contribution is 6.30. The van der Waals surface area contributed by atoms with Crippen LogP contribution in [0.4, 0.5) is 0 Å². The van der Waals surface area contributed by atoms with E-state index in [4.69, 9.17) is 11.6 Å². The van der Waals surface area contributed by atoms with Crippen molar-refractivity contribution >= 4 is 17.5 Å². The lowest BCUT2D eigenvalue weighted by Crippen LogP contribution is -2.26. The third-order valence-corrected chi connectivity index (χ3v) is 2.86. The maximum Gasteiger partial charge on any atom is 0.254 e. The van der Waals surface area contributed by atoms with Crippen molar-refractivity contribution in [1.82, 2.24) is 15.1 Å². The molecule has 2 rings (SSSR count). The second-order valence-electron chi connectivity index (χ2n) is 4.75. The monoisotopic (exact) mass is 277 g/mol. The van der Waals surface area contributed by atoms with Crippen molar-refractivity contribution in [1.29, 1.82) is 0 Å².